The fraction of sp³-hybridized carbons (Fsp3) is 0.500. The van der Waals surface area contributed by atoms with Gasteiger partial charge < -0.3 is 10.6 Å². The molecule has 0 heterocycles. The topological polar surface area (TPSA) is 75.3 Å². The highest BCUT2D eigenvalue weighted by Crippen LogP contribution is 2.19. The third kappa shape index (κ3) is 4.85. The van der Waals surface area contributed by atoms with Gasteiger partial charge in [-0.25, -0.2) is 8.42 Å². The minimum Gasteiger partial charge on any atom is -0.382 e. The molecule has 1 atom stereocenters. The first kappa shape index (κ1) is 14.8. The van der Waals surface area contributed by atoms with Gasteiger partial charge in [0, 0.05) is 29.6 Å². The highest BCUT2D eigenvalue weighted by atomic mass is 32.2. The molecule has 0 bridgehead atoms. The predicted octanol–water partition coefficient (Wildman–Crippen LogP) is 1.42. The highest BCUT2D eigenvalue weighted by molar-refractivity contribution is 7.90. The van der Waals surface area contributed by atoms with Crippen molar-refractivity contribution in [2.75, 3.05) is 17.3 Å². The number of amides is 1. The third-order valence-corrected chi connectivity index (χ3v) is 4.13. The molecular weight excluding hydrogens is 276 g/mol. The van der Waals surface area contributed by atoms with E-state index in [0.29, 0.717) is 11.6 Å². The molecule has 1 unspecified atom stereocenters. The number of carbonyl (C=O) groups is 1. The zero-order valence-electron chi connectivity index (χ0n) is 11.7. The van der Waals surface area contributed by atoms with Crippen LogP contribution in [0.25, 0.3) is 0 Å². The first-order valence-corrected chi connectivity index (χ1v) is 8.75. The Morgan fingerprint density at radius 2 is 1.90 bits per heavy atom. The van der Waals surface area contributed by atoms with Crippen molar-refractivity contribution in [3.8, 4) is 0 Å². The molecule has 0 aromatic heterocycles. The van der Waals surface area contributed by atoms with Crippen molar-refractivity contribution < 1.29 is 13.2 Å². The van der Waals surface area contributed by atoms with Crippen LogP contribution in [0.5, 0.6) is 0 Å². The molecule has 1 amide bonds. The van der Waals surface area contributed by atoms with E-state index in [1.54, 1.807) is 24.3 Å². The van der Waals surface area contributed by atoms with E-state index in [4.69, 9.17) is 0 Å². The summed E-state index contributed by atoms with van der Waals surface area (Å²) in [5.74, 6) is 0.0277. The second kappa shape index (κ2) is 5.83. The van der Waals surface area contributed by atoms with Gasteiger partial charge >= 0.3 is 0 Å². The van der Waals surface area contributed by atoms with E-state index in [9.17, 15) is 13.2 Å². The zero-order chi connectivity index (χ0) is 14.8. The molecule has 2 N–H and O–H groups in total. The summed E-state index contributed by atoms with van der Waals surface area (Å²) in [5, 5.41) is 6.03. The van der Waals surface area contributed by atoms with Gasteiger partial charge in [-0.15, -0.1) is 0 Å². The maximum Gasteiger partial charge on any atom is 0.251 e. The molecule has 2 rings (SSSR count). The van der Waals surface area contributed by atoms with Gasteiger partial charge in [0.05, 0.1) is 5.75 Å². The number of anilines is 1. The van der Waals surface area contributed by atoms with Crippen molar-refractivity contribution in [2.24, 2.45) is 0 Å². The van der Waals surface area contributed by atoms with Crippen molar-refractivity contribution in [3.63, 3.8) is 0 Å². The Balaban J connectivity index is 1.92. The summed E-state index contributed by atoms with van der Waals surface area (Å²) in [7, 11) is -3.00. The molecule has 1 saturated carbocycles. The summed E-state index contributed by atoms with van der Waals surface area (Å²) in [6.45, 7) is 1.81. The van der Waals surface area contributed by atoms with Gasteiger partial charge in [0.1, 0.15) is 9.84 Å². The average Bonchev–Trinajstić information content (AvgIpc) is 3.11. The van der Waals surface area contributed by atoms with Crippen LogP contribution in [0.1, 0.15) is 30.1 Å². The number of sulfone groups is 1. The predicted molar refractivity (Wildman–Crippen MR) is 79.7 cm³/mol. The van der Waals surface area contributed by atoms with E-state index in [1.807, 2.05) is 6.92 Å². The molecule has 1 aromatic rings. The molecule has 6 heteroatoms. The van der Waals surface area contributed by atoms with Crippen molar-refractivity contribution >= 4 is 21.4 Å². The van der Waals surface area contributed by atoms with Crippen LogP contribution in [0.4, 0.5) is 5.69 Å². The van der Waals surface area contributed by atoms with Crippen LogP contribution in [-0.2, 0) is 9.84 Å². The third-order valence-electron chi connectivity index (χ3n) is 3.03. The van der Waals surface area contributed by atoms with Crippen LogP contribution in [-0.4, -0.2) is 38.4 Å². The number of rotatable bonds is 6. The molecule has 20 heavy (non-hydrogen) atoms. The minimum atomic E-state index is -3.00. The fourth-order valence-corrected chi connectivity index (χ4v) is 2.99. The number of carbonyl (C=O) groups excluding carboxylic acids is 1. The Kier molecular flexibility index (Phi) is 4.32. The number of hydrogen-bond acceptors (Lipinski definition) is 4. The normalized spacial score (nSPS) is 16.5. The van der Waals surface area contributed by atoms with Crippen molar-refractivity contribution in [2.45, 2.75) is 31.8 Å². The second-order valence-electron chi connectivity index (χ2n) is 5.46. The van der Waals surface area contributed by atoms with Gasteiger partial charge in [0.2, 0.25) is 0 Å². The summed E-state index contributed by atoms with van der Waals surface area (Å²) < 4.78 is 22.4. The van der Waals surface area contributed by atoms with E-state index < -0.39 is 9.84 Å². The smallest absolute Gasteiger partial charge is 0.251 e. The van der Waals surface area contributed by atoms with Crippen molar-refractivity contribution in [1.82, 2.24) is 5.32 Å². The molecule has 1 fully saturated rings. The van der Waals surface area contributed by atoms with E-state index in [1.165, 1.54) is 6.26 Å². The number of benzene rings is 1. The lowest BCUT2D eigenvalue weighted by atomic mass is 10.2. The van der Waals surface area contributed by atoms with Crippen LogP contribution in [0.15, 0.2) is 24.3 Å². The Morgan fingerprint density at radius 3 is 2.40 bits per heavy atom. The van der Waals surface area contributed by atoms with Crippen LogP contribution in [0, 0.1) is 0 Å². The molecule has 5 nitrogen and oxygen atoms in total. The lowest BCUT2D eigenvalue weighted by molar-refractivity contribution is 0.0951. The number of nitrogens with one attached hydrogen (secondary N) is 2. The van der Waals surface area contributed by atoms with E-state index in [-0.39, 0.29) is 17.7 Å². The van der Waals surface area contributed by atoms with Gasteiger partial charge in [-0.3, -0.25) is 4.79 Å². The molecule has 0 radical (unpaired) electrons. The molecular formula is C14H20N2O3S. The molecule has 1 aromatic carbocycles. The minimum absolute atomic E-state index is 0.0526. The van der Waals surface area contributed by atoms with Gasteiger partial charge in [-0.1, -0.05) is 0 Å². The van der Waals surface area contributed by atoms with Gasteiger partial charge in [-0.2, -0.15) is 0 Å². The van der Waals surface area contributed by atoms with Crippen LogP contribution in [0.2, 0.25) is 0 Å². The van der Waals surface area contributed by atoms with Crippen LogP contribution in [0.3, 0.4) is 0 Å². The molecule has 0 spiro atoms. The van der Waals surface area contributed by atoms with E-state index in [0.717, 1.165) is 18.5 Å². The lowest BCUT2D eigenvalue weighted by Gasteiger charge is -2.14. The SMILES string of the molecule is CC(CS(C)(=O)=O)Nc1ccc(C(=O)NC2CC2)cc1. The summed E-state index contributed by atoms with van der Waals surface area (Å²) in [6, 6.07) is 7.24. The molecule has 1 aliphatic carbocycles. The Bertz CT molecular complexity index is 577. The van der Waals surface area contributed by atoms with E-state index >= 15 is 0 Å². The van der Waals surface area contributed by atoms with Gasteiger partial charge in [0.15, 0.2) is 0 Å². The largest absolute Gasteiger partial charge is 0.382 e. The van der Waals surface area contributed by atoms with Crippen molar-refractivity contribution in [1.29, 1.82) is 0 Å². The maximum absolute atomic E-state index is 11.8. The quantitative estimate of drug-likeness (QED) is 0.832. The summed E-state index contributed by atoms with van der Waals surface area (Å²) >= 11 is 0. The van der Waals surface area contributed by atoms with Crippen LogP contribution >= 0.6 is 0 Å². The fourth-order valence-electron chi connectivity index (χ4n) is 1.99. The van der Waals surface area contributed by atoms with E-state index in [2.05, 4.69) is 10.6 Å². The lowest BCUT2D eigenvalue weighted by Crippen LogP contribution is -2.26. The standard InChI is InChI=1S/C14H20N2O3S/c1-10(9-20(2,18)19)15-12-5-3-11(4-6-12)14(17)16-13-7-8-13/h3-6,10,13,15H,7-9H2,1-2H3,(H,16,17). The van der Waals surface area contributed by atoms with Crippen LogP contribution < -0.4 is 10.6 Å². The Labute approximate surface area is 119 Å². The van der Waals surface area contributed by atoms with Gasteiger partial charge in [-0.05, 0) is 44.0 Å². The summed E-state index contributed by atoms with van der Waals surface area (Å²) in [4.78, 5) is 11.8. The van der Waals surface area contributed by atoms with Gasteiger partial charge in [0.25, 0.3) is 5.91 Å². The first-order valence-electron chi connectivity index (χ1n) is 6.69. The summed E-state index contributed by atoms with van der Waals surface area (Å²) in [6.07, 6.45) is 3.35. The Hall–Kier alpha value is -1.56. The summed E-state index contributed by atoms with van der Waals surface area (Å²) in [5.41, 5.74) is 1.43. The second-order valence-corrected chi connectivity index (χ2v) is 7.65. The molecule has 0 aliphatic heterocycles. The number of hydrogen-bond donors (Lipinski definition) is 2. The molecule has 1 aliphatic rings. The van der Waals surface area contributed by atoms with Crippen molar-refractivity contribution in [3.05, 3.63) is 29.8 Å². The molecule has 110 valence electrons. The maximum atomic E-state index is 11.8. The highest BCUT2D eigenvalue weighted by Gasteiger charge is 2.23. The molecule has 0 saturated heterocycles. The monoisotopic (exact) mass is 296 g/mol. The Morgan fingerprint density at radius 1 is 1.30 bits per heavy atom. The first-order chi connectivity index (χ1) is 9.33. The zero-order valence-corrected chi connectivity index (χ0v) is 12.5. The average molecular weight is 296 g/mol.